The molecule has 0 aromatic heterocycles. The summed E-state index contributed by atoms with van der Waals surface area (Å²) in [6.07, 6.45) is 0. The summed E-state index contributed by atoms with van der Waals surface area (Å²) in [4.78, 5) is 11.4. The lowest BCUT2D eigenvalue weighted by Crippen LogP contribution is -2.01. The van der Waals surface area contributed by atoms with Crippen LogP contribution in [0.15, 0.2) is 36.4 Å². The Kier molecular flexibility index (Phi) is 2.29. The van der Waals surface area contributed by atoms with Gasteiger partial charge in [-0.15, -0.1) is 0 Å². The van der Waals surface area contributed by atoms with E-state index in [1.54, 1.807) is 18.2 Å². The molecule has 0 aliphatic heterocycles. The largest absolute Gasteiger partial charge is 0.507 e. The normalized spacial score (nSPS) is 10.2. The van der Waals surface area contributed by atoms with E-state index in [1.807, 2.05) is 12.1 Å². The quantitative estimate of drug-likeness (QED) is 0.722. The fraction of sp³-hybridized carbons (Fsp3) is 0.0833. The molecule has 0 saturated heterocycles. The number of fused-ring (bicyclic) bond motifs is 1. The van der Waals surface area contributed by atoms with Crippen molar-refractivity contribution >= 4 is 16.7 Å². The van der Waals surface area contributed by atoms with Crippen LogP contribution in [0.2, 0.25) is 0 Å². The Hall–Kier alpha value is -2.03. The molecule has 0 atom stereocenters. The average Bonchev–Trinajstić information content (AvgIpc) is 2.29. The standard InChI is InChI=1S/C12H10O3/c1-15-12(14)10-6-7-11(13)9-5-3-2-4-8(9)10/h2-7,13H,1H3. The number of rotatable bonds is 1. The summed E-state index contributed by atoms with van der Waals surface area (Å²) in [5.74, 6) is -0.232. The summed E-state index contributed by atoms with van der Waals surface area (Å²) >= 11 is 0. The lowest BCUT2D eigenvalue weighted by atomic mass is 10.0. The van der Waals surface area contributed by atoms with Gasteiger partial charge in [0.05, 0.1) is 12.7 Å². The van der Waals surface area contributed by atoms with Crippen molar-refractivity contribution < 1.29 is 14.6 Å². The number of ether oxygens (including phenoxy) is 1. The summed E-state index contributed by atoms with van der Waals surface area (Å²) in [6.45, 7) is 0. The molecule has 2 aromatic rings. The highest BCUT2D eigenvalue weighted by atomic mass is 16.5. The Morgan fingerprint density at radius 2 is 1.80 bits per heavy atom. The van der Waals surface area contributed by atoms with Gasteiger partial charge in [-0.2, -0.15) is 0 Å². The lowest BCUT2D eigenvalue weighted by Gasteiger charge is -2.05. The fourth-order valence-corrected chi connectivity index (χ4v) is 1.57. The molecule has 2 aromatic carbocycles. The number of carbonyl (C=O) groups excluding carboxylic acids is 1. The first-order valence-electron chi connectivity index (χ1n) is 4.53. The number of phenolic OH excluding ortho intramolecular Hbond substituents is 1. The molecular weight excluding hydrogens is 192 g/mol. The maximum absolute atomic E-state index is 11.4. The van der Waals surface area contributed by atoms with E-state index in [2.05, 4.69) is 4.74 Å². The topological polar surface area (TPSA) is 46.5 Å². The van der Waals surface area contributed by atoms with Crippen LogP contribution in [0.3, 0.4) is 0 Å². The molecule has 0 spiro atoms. The van der Waals surface area contributed by atoms with Crippen molar-refractivity contribution in [1.82, 2.24) is 0 Å². The van der Waals surface area contributed by atoms with E-state index in [4.69, 9.17) is 0 Å². The average molecular weight is 202 g/mol. The Labute approximate surface area is 86.9 Å². The summed E-state index contributed by atoms with van der Waals surface area (Å²) < 4.78 is 4.66. The van der Waals surface area contributed by atoms with E-state index in [9.17, 15) is 9.90 Å². The van der Waals surface area contributed by atoms with E-state index in [1.165, 1.54) is 13.2 Å². The number of hydrogen-bond donors (Lipinski definition) is 1. The van der Waals surface area contributed by atoms with Gasteiger partial charge in [0, 0.05) is 5.39 Å². The molecule has 0 unspecified atom stereocenters. The minimum Gasteiger partial charge on any atom is -0.507 e. The van der Waals surface area contributed by atoms with Crippen molar-refractivity contribution in [2.24, 2.45) is 0 Å². The van der Waals surface area contributed by atoms with Crippen molar-refractivity contribution in [2.45, 2.75) is 0 Å². The van der Waals surface area contributed by atoms with Crippen LogP contribution in [0, 0.1) is 0 Å². The molecule has 0 radical (unpaired) electrons. The zero-order chi connectivity index (χ0) is 10.8. The van der Waals surface area contributed by atoms with E-state index >= 15 is 0 Å². The molecule has 1 N–H and O–H groups in total. The number of esters is 1. The van der Waals surface area contributed by atoms with E-state index < -0.39 is 5.97 Å². The number of aromatic hydroxyl groups is 1. The SMILES string of the molecule is COC(=O)c1ccc(O)c2ccccc12. The van der Waals surface area contributed by atoms with Gasteiger partial charge in [0.2, 0.25) is 0 Å². The fourth-order valence-electron chi connectivity index (χ4n) is 1.57. The van der Waals surface area contributed by atoms with Crippen molar-refractivity contribution in [3.8, 4) is 5.75 Å². The van der Waals surface area contributed by atoms with Crippen molar-refractivity contribution in [3.63, 3.8) is 0 Å². The van der Waals surface area contributed by atoms with Crippen LogP contribution in [0.25, 0.3) is 10.8 Å². The number of phenols is 1. The predicted molar refractivity (Wildman–Crippen MR) is 57.0 cm³/mol. The van der Waals surface area contributed by atoms with Crippen LogP contribution >= 0.6 is 0 Å². The van der Waals surface area contributed by atoms with Gasteiger partial charge in [-0.25, -0.2) is 4.79 Å². The van der Waals surface area contributed by atoms with Crippen LogP contribution in [-0.2, 0) is 4.74 Å². The van der Waals surface area contributed by atoms with Crippen LogP contribution < -0.4 is 0 Å². The Balaban J connectivity index is 2.77. The second-order valence-corrected chi connectivity index (χ2v) is 3.17. The lowest BCUT2D eigenvalue weighted by molar-refractivity contribution is 0.0603. The second-order valence-electron chi connectivity index (χ2n) is 3.17. The molecule has 0 aliphatic rings. The van der Waals surface area contributed by atoms with E-state index in [-0.39, 0.29) is 5.75 Å². The molecule has 2 rings (SSSR count). The van der Waals surface area contributed by atoms with Gasteiger partial charge in [0.1, 0.15) is 5.75 Å². The predicted octanol–water partition coefficient (Wildman–Crippen LogP) is 2.33. The van der Waals surface area contributed by atoms with Crippen LogP contribution in [0.5, 0.6) is 5.75 Å². The highest BCUT2D eigenvalue weighted by molar-refractivity contribution is 6.06. The third-order valence-corrected chi connectivity index (χ3v) is 2.31. The molecule has 0 bridgehead atoms. The Bertz CT molecular complexity index is 517. The van der Waals surface area contributed by atoms with Gasteiger partial charge in [-0.1, -0.05) is 24.3 Å². The summed E-state index contributed by atoms with van der Waals surface area (Å²) in [5, 5.41) is 10.9. The smallest absolute Gasteiger partial charge is 0.338 e. The van der Waals surface area contributed by atoms with Gasteiger partial charge < -0.3 is 9.84 Å². The number of methoxy groups -OCH3 is 1. The maximum Gasteiger partial charge on any atom is 0.338 e. The first-order chi connectivity index (χ1) is 7.24. The Morgan fingerprint density at radius 3 is 2.47 bits per heavy atom. The minimum atomic E-state index is -0.397. The molecule has 76 valence electrons. The molecule has 0 heterocycles. The molecular formula is C12H10O3. The minimum absolute atomic E-state index is 0.165. The summed E-state index contributed by atoms with van der Waals surface area (Å²) in [6, 6.07) is 10.2. The molecule has 0 saturated carbocycles. The van der Waals surface area contributed by atoms with Crippen molar-refractivity contribution in [1.29, 1.82) is 0 Å². The first-order valence-corrected chi connectivity index (χ1v) is 4.53. The molecule has 15 heavy (non-hydrogen) atoms. The summed E-state index contributed by atoms with van der Waals surface area (Å²) in [7, 11) is 1.34. The molecule has 3 nitrogen and oxygen atoms in total. The first kappa shape index (κ1) is 9.52. The van der Waals surface area contributed by atoms with E-state index in [0.29, 0.717) is 16.3 Å². The van der Waals surface area contributed by atoms with Gasteiger partial charge in [0.25, 0.3) is 0 Å². The van der Waals surface area contributed by atoms with Gasteiger partial charge in [-0.05, 0) is 17.5 Å². The second kappa shape index (κ2) is 3.61. The zero-order valence-electron chi connectivity index (χ0n) is 8.23. The summed E-state index contributed by atoms with van der Waals surface area (Å²) in [5.41, 5.74) is 0.464. The Morgan fingerprint density at radius 1 is 1.13 bits per heavy atom. The van der Waals surface area contributed by atoms with Gasteiger partial charge in [0.15, 0.2) is 0 Å². The van der Waals surface area contributed by atoms with Gasteiger partial charge in [-0.3, -0.25) is 0 Å². The molecule has 0 aliphatic carbocycles. The zero-order valence-corrected chi connectivity index (χ0v) is 8.23. The third kappa shape index (κ3) is 1.52. The monoisotopic (exact) mass is 202 g/mol. The van der Waals surface area contributed by atoms with Gasteiger partial charge >= 0.3 is 5.97 Å². The van der Waals surface area contributed by atoms with Crippen LogP contribution in [0.1, 0.15) is 10.4 Å². The number of hydrogen-bond acceptors (Lipinski definition) is 3. The van der Waals surface area contributed by atoms with Crippen molar-refractivity contribution in [2.75, 3.05) is 7.11 Å². The van der Waals surface area contributed by atoms with E-state index in [0.717, 1.165) is 0 Å². The van der Waals surface area contributed by atoms with Crippen LogP contribution in [-0.4, -0.2) is 18.2 Å². The molecule has 0 amide bonds. The number of benzene rings is 2. The third-order valence-electron chi connectivity index (χ3n) is 2.31. The maximum atomic E-state index is 11.4. The molecule has 0 fully saturated rings. The molecule has 3 heteroatoms. The highest BCUT2D eigenvalue weighted by Gasteiger charge is 2.11. The van der Waals surface area contributed by atoms with Crippen molar-refractivity contribution in [3.05, 3.63) is 42.0 Å². The van der Waals surface area contributed by atoms with Crippen LogP contribution in [0.4, 0.5) is 0 Å². The number of carbonyl (C=O) groups is 1. The highest BCUT2D eigenvalue weighted by Crippen LogP contribution is 2.27.